The van der Waals surface area contributed by atoms with Crippen LogP contribution >= 0.6 is 0 Å². The summed E-state index contributed by atoms with van der Waals surface area (Å²) >= 11 is 0. The fourth-order valence-corrected chi connectivity index (χ4v) is 3.38. The van der Waals surface area contributed by atoms with E-state index < -0.39 is 0 Å². The van der Waals surface area contributed by atoms with Gasteiger partial charge in [0.2, 0.25) is 0 Å². The molecule has 0 amide bonds. The van der Waals surface area contributed by atoms with Crippen molar-refractivity contribution in [3.8, 4) is 22.3 Å². The van der Waals surface area contributed by atoms with Gasteiger partial charge in [-0.1, -0.05) is 72.8 Å². The van der Waals surface area contributed by atoms with Crippen molar-refractivity contribution in [3.05, 3.63) is 97.1 Å². The number of hydrogen-bond donors (Lipinski definition) is 0. The molecule has 0 unspecified atom stereocenters. The molecule has 0 saturated heterocycles. The molecule has 0 atom stereocenters. The van der Waals surface area contributed by atoms with Crippen LogP contribution in [-0.2, 0) is 0 Å². The van der Waals surface area contributed by atoms with Crippen molar-refractivity contribution >= 4 is 22.1 Å². The quantitative estimate of drug-likeness (QED) is 0.364. The molecule has 1 aromatic heterocycles. The van der Waals surface area contributed by atoms with Gasteiger partial charge in [-0.3, -0.25) is 0 Å². The van der Waals surface area contributed by atoms with Gasteiger partial charge in [0.15, 0.2) is 0 Å². The summed E-state index contributed by atoms with van der Waals surface area (Å²) in [5.74, 6) is 0. The smallest absolute Gasteiger partial charge is 0.0901 e. The van der Waals surface area contributed by atoms with Crippen molar-refractivity contribution < 1.29 is 0 Å². The highest BCUT2D eigenvalue weighted by atomic mass is 14.8. The molecular formula is C24H16N2. The number of fused-ring (bicyclic) bond motifs is 2. The number of para-hydroxylation sites is 2. The van der Waals surface area contributed by atoms with Gasteiger partial charge in [0.1, 0.15) is 0 Å². The SMILES string of the molecule is c1ccc(-c2cc3nc4ccccc4nc3cc2-c2ccccc2)cc1. The van der Waals surface area contributed by atoms with E-state index in [1.807, 2.05) is 36.4 Å². The topological polar surface area (TPSA) is 25.8 Å². The van der Waals surface area contributed by atoms with E-state index in [4.69, 9.17) is 9.97 Å². The highest BCUT2D eigenvalue weighted by molar-refractivity contribution is 5.96. The van der Waals surface area contributed by atoms with Gasteiger partial charge in [0.05, 0.1) is 22.1 Å². The van der Waals surface area contributed by atoms with Crippen LogP contribution < -0.4 is 0 Å². The van der Waals surface area contributed by atoms with Crippen molar-refractivity contribution in [1.82, 2.24) is 9.97 Å². The molecule has 0 spiro atoms. The van der Waals surface area contributed by atoms with E-state index in [9.17, 15) is 0 Å². The van der Waals surface area contributed by atoms with E-state index in [2.05, 4.69) is 60.7 Å². The third-order valence-electron chi connectivity index (χ3n) is 4.65. The Morgan fingerprint density at radius 3 is 1.19 bits per heavy atom. The van der Waals surface area contributed by atoms with Gasteiger partial charge in [-0.25, -0.2) is 9.97 Å². The first-order valence-electron chi connectivity index (χ1n) is 8.70. The molecular weight excluding hydrogens is 316 g/mol. The van der Waals surface area contributed by atoms with Crippen molar-refractivity contribution in [2.45, 2.75) is 0 Å². The van der Waals surface area contributed by atoms with E-state index in [0.717, 1.165) is 22.1 Å². The van der Waals surface area contributed by atoms with E-state index in [1.54, 1.807) is 0 Å². The molecule has 0 saturated carbocycles. The maximum atomic E-state index is 4.84. The summed E-state index contributed by atoms with van der Waals surface area (Å²) in [4.78, 5) is 9.67. The summed E-state index contributed by atoms with van der Waals surface area (Å²) in [5.41, 5.74) is 8.40. The van der Waals surface area contributed by atoms with Crippen molar-refractivity contribution in [3.63, 3.8) is 0 Å². The zero-order valence-corrected chi connectivity index (χ0v) is 14.1. The van der Waals surface area contributed by atoms with Gasteiger partial charge in [-0.05, 0) is 46.5 Å². The number of benzene rings is 4. The molecule has 0 radical (unpaired) electrons. The molecule has 122 valence electrons. The summed E-state index contributed by atoms with van der Waals surface area (Å²) in [6.07, 6.45) is 0. The number of rotatable bonds is 2. The molecule has 2 nitrogen and oxygen atoms in total. The summed E-state index contributed by atoms with van der Waals surface area (Å²) in [5, 5.41) is 0. The molecule has 26 heavy (non-hydrogen) atoms. The second-order valence-electron chi connectivity index (χ2n) is 6.33. The van der Waals surface area contributed by atoms with Crippen molar-refractivity contribution in [2.24, 2.45) is 0 Å². The highest BCUT2D eigenvalue weighted by Crippen LogP contribution is 2.35. The Bertz CT molecular complexity index is 1120. The molecule has 5 aromatic rings. The lowest BCUT2D eigenvalue weighted by molar-refractivity contribution is 1.39. The largest absolute Gasteiger partial charge is 0.244 e. The molecule has 0 aliphatic heterocycles. The molecule has 0 bridgehead atoms. The Morgan fingerprint density at radius 2 is 0.769 bits per heavy atom. The zero-order chi connectivity index (χ0) is 17.3. The second-order valence-corrected chi connectivity index (χ2v) is 6.33. The molecule has 1 heterocycles. The lowest BCUT2D eigenvalue weighted by Gasteiger charge is -2.12. The summed E-state index contributed by atoms with van der Waals surface area (Å²) in [7, 11) is 0. The predicted molar refractivity (Wildman–Crippen MR) is 108 cm³/mol. The van der Waals surface area contributed by atoms with Crippen molar-refractivity contribution in [1.29, 1.82) is 0 Å². The molecule has 0 N–H and O–H groups in total. The van der Waals surface area contributed by atoms with Gasteiger partial charge in [-0.15, -0.1) is 0 Å². The average Bonchev–Trinajstić information content (AvgIpc) is 2.72. The first-order chi connectivity index (χ1) is 12.9. The minimum absolute atomic E-state index is 0.919. The predicted octanol–water partition coefficient (Wildman–Crippen LogP) is 6.12. The number of aromatic nitrogens is 2. The minimum atomic E-state index is 0.919. The van der Waals surface area contributed by atoms with Crippen LogP contribution in [0.5, 0.6) is 0 Å². The third-order valence-corrected chi connectivity index (χ3v) is 4.65. The van der Waals surface area contributed by atoms with Crippen LogP contribution in [0.2, 0.25) is 0 Å². The van der Waals surface area contributed by atoms with Crippen LogP contribution in [0.1, 0.15) is 0 Å². The van der Waals surface area contributed by atoms with Crippen LogP contribution in [0.3, 0.4) is 0 Å². The molecule has 0 aliphatic rings. The summed E-state index contributed by atoms with van der Waals surface area (Å²) < 4.78 is 0. The highest BCUT2D eigenvalue weighted by Gasteiger charge is 2.11. The summed E-state index contributed by atoms with van der Waals surface area (Å²) in [6.45, 7) is 0. The van der Waals surface area contributed by atoms with Gasteiger partial charge in [-0.2, -0.15) is 0 Å². The second kappa shape index (κ2) is 6.08. The Morgan fingerprint density at radius 1 is 0.385 bits per heavy atom. The lowest BCUT2D eigenvalue weighted by Crippen LogP contribution is -1.91. The first-order valence-corrected chi connectivity index (χ1v) is 8.70. The number of hydrogen-bond acceptors (Lipinski definition) is 2. The summed E-state index contributed by atoms with van der Waals surface area (Å²) in [6, 6.07) is 33.3. The third kappa shape index (κ3) is 2.52. The fraction of sp³-hybridized carbons (Fsp3) is 0. The Labute approximate surface area is 151 Å². The Hall–Kier alpha value is -3.52. The maximum Gasteiger partial charge on any atom is 0.0901 e. The number of nitrogens with zero attached hydrogens (tertiary/aromatic N) is 2. The van der Waals surface area contributed by atoms with Crippen LogP contribution in [0.25, 0.3) is 44.3 Å². The molecule has 4 aromatic carbocycles. The van der Waals surface area contributed by atoms with E-state index >= 15 is 0 Å². The van der Waals surface area contributed by atoms with Crippen molar-refractivity contribution in [2.75, 3.05) is 0 Å². The minimum Gasteiger partial charge on any atom is -0.244 e. The van der Waals surface area contributed by atoms with E-state index in [0.29, 0.717) is 0 Å². The Kier molecular flexibility index (Phi) is 3.46. The Balaban J connectivity index is 1.86. The normalized spacial score (nSPS) is 11.1. The van der Waals surface area contributed by atoms with Gasteiger partial charge < -0.3 is 0 Å². The average molecular weight is 332 g/mol. The standard InChI is InChI=1S/C24H16N2/c1-3-9-17(10-4-1)19-15-23-24(16-20(19)18-11-5-2-6-12-18)26-22-14-8-7-13-21(22)25-23/h1-16H. The molecule has 0 aliphatic carbocycles. The zero-order valence-electron chi connectivity index (χ0n) is 14.1. The van der Waals surface area contributed by atoms with Crippen LogP contribution in [0.4, 0.5) is 0 Å². The fourth-order valence-electron chi connectivity index (χ4n) is 3.38. The van der Waals surface area contributed by atoms with Gasteiger partial charge in [0.25, 0.3) is 0 Å². The molecule has 2 heteroatoms. The molecule has 0 fully saturated rings. The van der Waals surface area contributed by atoms with Crippen LogP contribution in [0, 0.1) is 0 Å². The van der Waals surface area contributed by atoms with E-state index in [-0.39, 0.29) is 0 Å². The maximum absolute atomic E-state index is 4.84. The van der Waals surface area contributed by atoms with Gasteiger partial charge >= 0.3 is 0 Å². The first kappa shape index (κ1) is 14.8. The van der Waals surface area contributed by atoms with Crippen LogP contribution in [-0.4, -0.2) is 9.97 Å². The van der Waals surface area contributed by atoms with E-state index in [1.165, 1.54) is 22.3 Å². The lowest BCUT2D eigenvalue weighted by atomic mass is 9.94. The van der Waals surface area contributed by atoms with Crippen LogP contribution in [0.15, 0.2) is 97.1 Å². The molecule has 5 rings (SSSR count). The monoisotopic (exact) mass is 332 g/mol. The van der Waals surface area contributed by atoms with Gasteiger partial charge in [0, 0.05) is 0 Å².